The van der Waals surface area contributed by atoms with Crippen LogP contribution in [0.2, 0.25) is 0 Å². The molecule has 124 valence electrons. The average molecular weight is 330 g/mol. The summed E-state index contributed by atoms with van der Waals surface area (Å²) in [5.41, 5.74) is 5.88. The van der Waals surface area contributed by atoms with E-state index in [1.54, 1.807) is 24.3 Å². The number of hydrogen-bond acceptors (Lipinski definition) is 4. The molecule has 2 heterocycles. The van der Waals surface area contributed by atoms with Crippen molar-refractivity contribution in [1.82, 2.24) is 15.0 Å². The number of aryl methyl sites for hydroxylation is 1. The Labute approximate surface area is 146 Å². The summed E-state index contributed by atoms with van der Waals surface area (Å²) in [6, 6.07) is 14.1. The van der Waals surface area contributed by atoms with Crippen molar-refractivity contribution in [2.24, 2.45) is 5.10 Å². The zero-order chi connectivity index (χ0) is 17.4. The van der Waals surface area contributed by atoms with Gasteiger partial charge < -0.3 is 0 Å². The standard InChI is InChI=1S/C20H18N4O/c1-13-3-5-15(6-4-13)18-12-20(24(23-18)14(2)25)16-7-8-17-19(11-16)22-10-9-21-17/h3-11,20H,12H2,1-2H3/t20-/m1/s1. The van der Waals surface area contributed by atoms with E-state index in [0.29, 0.717) is 6.42 Å². The van der Waals surface area contributed by atoms with Crippen LogP contribution in [0, 0.1) is 6.92 Å². The predicted molar refractivity (Wildman–Crippen MR) is 97.1 cm³/mol. The highest BCUT2D eigenvalue weighted by molar-refractivity contribution is 6.03. The number of hydrogen-bond donors (Lipinski definition) is 0. The molecule has 0 spiro atoms. The van der Waals surface area contributed by atoms with Crippen molar-refractivity contribution in [3.63, 3.8) is 0 Å². The van der Waals surface area contributed by atoms with Crippen LogP contribution in [0.25, 0.3) is 11.0 Å². The lowest BCUT2D eigenvalue weighted by Gasteiger charge is -2.20. The summed E-state index contributed by atoms with van der Waals surface area (Å²) in [6.45, 7) is 3.61. The second-order valence-corrected chi connectivity index (χ2v) is 6.30. The van der Waals surface area contributed by atoms with E-state index in [1.807, 2.05) is 18.2 Å². The van der Waals surface area contributed by atoms with Gasteiger partial charge in [0.2, 0.25) is 5.91 Å². The van der Waals surface area contributed by atoms with Crippen LogP contribution in [0.1, 0.15) is 36.1 Å². The number of hydrazone groups is 1. The first kappa shape index (κ1) is 15.4. The van der Waals surface area contributed by atoms with Crippen molar-refractivity contribution in [2.75, 3.05) is 0 Å². The van der Waals surface area contributed by atoms with Gasteiger partial charge in [-0.25, -0.2) is 5.01 Å². The highest BCUT2D eigenvalue weighted by atomic mass is 16.2. The Morgan fingerprint density at radius 1 is 1.04 bits per heavy atom. The van der Waals surface area contributed by atoms with Crippen molar-refractivity contribution in [3.8, 4) is 0 Å². The van der Waals surface area contributed by atoms with E-state index >= 15 is 0 Å². The van der Waals surface area contributed by atoms with Crippen LogP contribution in [0.15, 0.2) is 60.0 Å². The number of aromatic nitrogens is 2. The number of carbonyl (C=O) groups is 1. The molecular formula is C20H18N4O. The van der Waals surface area contributed by atoms with Crippen LogP contribution in [0.3, 0.4) is 0 Å². The van der Waals surface area contributed by atoms with Crippen molar-refractivity contribution < 1.29 is 4.79 Å². The summed E-state index contributed by atoms with van der Waals surface area (Å²) in [5, 5.41) is 6.17. The maximum atomic E-state index is 12.1. The van der Waals surface area contributed by atoms with E-state index in [2.05, 4.69) is 46.3 Å². The van der Waals surface area contributed by atoms with Gasteiger partial charge in [0, 0.05) is 25.7 Å². The van der Waals surface area contributed by atoms with Crippen LogP contribution in [0.5, 0.6) is 0 Å². The van der Waals surface area contributed by atoms with E-state index in [-0.39, 0.29) is 11.9 Å². The Balaban J connectivity index is 1.71. The van der Waals surface area contributed by atoms with Crippen LogP contribution >= 0.6 is 0 Å². The van der Waals surface area contributed by atoms with Gasteiger partial charge in [0.1, 0.15) is 0 Å². The highest BCUT2D eigenvalue weighted by Crippen LogP contribution is 2.33. The number of amides is 1. The van der Waals surface area contributed by atoms with Gasteiger partial charge in [-0.3, -0.25) is 14.8 Å². The van der Waals surface area contributed by atoms with Gasteiger partial charge in [-0.2, -0.15) is 5.10 Å². The molecule has 0 radical (unpaired) electrons. The average Bonchev–Trinajstić information content (AvgIpc) is 3.07. The Hall–Kier alpha value is -3.08. The lowest BCUT2D eigenvalue weighted by Crippen LogP contribution is -2.24. The van der Waals surface area contributed by atoms with Gasteiger partial charge in [0.05, 0.1) is 22.8 Å². The molecule has 0 saturated heterocycles. The maximum absolute atomic E-state index is 12.1. The van der Waals surface area contributed by atoms with E-state index in [9.17, 15) is 4.79 Å². The lowest BCUT2D eigenvalue weighted by atomic mass is 9.97. The minimum atomic E-state index is -0.111. The summed E-state index contributed by atoms with van der Waals surface area (Å²) in [5.74, 6) is -0.0636. The Morgan fingerprint density at radius 2 is 1.76 bits per heavy atom. The van der Waals surface area contributed by atoms with Crippen molar-refractivity contribution >= 4 is 22.7 Å². The summed E-state index contributed by atoms with van der Waals surface area (Å²) in [4.78, 5) is 20.8. The van der Waals surface area contributed by atoms with E-state index in [1.165, 1.54) is 5.56 Å². The first-order chi connectivity index (χ1) is 12.1. The molecule has 0 fully saturated rings. The van der Waals surface area contributed by atoms with Crippen molar-refractivity contribution in [3.05, 3.63) is 71.5 Å². The highest BCUT2D eigenvalue weighted by Gasteiger charge is 2.31. The second-order valence-electron chi connectivity index (χ2n) is 6.30. The zero-order valence-corrected chi connectivity index (χ0v) is 14.2. The van der Waals surface area contributed by atoms with E-state index in [4.69, 9.17) is 0 Å². The molecule has 5 nitrogen and oxygen atoms in total. The van der Waals surface area contributed by atoms with Gasteiger partial charge >= 0.3 is 0 Å². The largest absolute Gasteiger partial charge is 0.273 e. The van der Waals surface area contributed by atoms with E-state index in [0.717, 1.165) is 27.9 Å². The van der Waals surface area contributed by atoms with Crippen molar-refractivity contribution in [2.45, 2.75) is 26.3 Å². The fourth-order valence-electron chi connectivity index (χ4n) is 3.17. The molecule has 0 bridgehead atoms. The van der Waals surface area contributed by atoms with Gasteiger partial charge in [-0.05, 0) is 30.2 Å². The fourth-order valence-corrected chi connectivity index (χ4v) is 3.17. The number of benzene rings is 2. The van der Waals surface area contributed by atoms with Gasteiger partial charge in [-0.1, -0.05) is 35.9 Å². The predicted octanol–water partition coefficient (Wildman–Crippen LogP) is 3.64. The summed E-state index contributed by atoms with van der Waals surface area (Å²) < 4.78 is 0. The third-order valence-corrected chi connectivity index (χ3v) is 4.50. The Bertz CT molecular complexity index is 978. The lowest BCUT2D eigenvalue weighted by molar-refractivity contribution is -0.130. The molecule has 5 heteroatoms. The molecular weight excluding hydrogens is 312 g/mol. The van der Waals surface area contributed by atoms with Gasteiger partial charge in [0.15, 0.2) is 0 Å². The topological polar surface area (TPSA) is 58.5 Å². The van der Waals surface area contributed by atoms with E-state index < -0.39 is 0 Å². The number of nitrogens with zero attached hydrogens (tertiary/aromatic N) is 4. The van der Waals surface area contributed by atoms with Crippen LogP contribution < -0.4 is 0 Å². The smallest absolute Gasteiger partial charge is 0.240 e. The first-order valence-electron chi connectivity index (χ1n) is 8.27. The third-order valence-electron chi connectivity index (χ3n) is 4.50. The molecule has 0 unspecified atom stereocenters. The Kier molecular flexibility index (Phi) is 3.76. The normalized spacial score (nSPS) is 17.0. The molecule has 3 aromatic rings. The molecule has 1 aliphatic heterocycles. The summed E-state index contributed by atoms with van der Waals surface area (Å²) in [6.07, 6.45) is 4.05. The zero-order valence-electron chi connectivity index (χ0n) is 14.2. The molecule has 0 aliphatic carbocycles. The summed E-state index contributed by atoms with van der Waals surface area (Å²) >= 11 is 0. The molecule has 1 aliphatic rings. The molecule has 1 amide bonds. The fraction of sp³-hybridized carbons (Fsp3) is 0.200. The monoisotopic (exact) mass is 330 g/mol. The first-order valence-corrected chi connectivity index (χ1v) is 8.27. The molecule has 25 heavy (non-hydrogen) atoms. The Morgan fingerprint density at radius 3 is 2.48 bits per heavy atom. The second kappa shape index (κ2) is 6.09. The third kappa shape index (κ3) is 2.89. The van der Waals surface area contributed by atoms with Crippen molar-refractivity contribution in [1.29, 1.82) is 0 Å². The molecule has 0 saturated carbocycles. The minimum absolute atomic E-state index is 0.0636. The molecule has 4 rings (SSSR count). The molecule has 0 N–H and O–H groups in total. The number of fused-ring (bicyclic) bond motifs is 1. The number of rotatable bonds is 2. The van der Waals surface area contributed by atoms with Crippen LogP contribution in [-0.2, 0) is 4.79 Å². The van der Waals surface area contributed by atoms with Gasteiger partial charge in [0.25, 0.3) is 0 Å². The van der Waals surface area contributed by atoms with Crippen LogP contribution in [-0.4, -0.2) is 26.6 Å². The minimum Gasteiger partial charge on any atom is -0.273 e. The quantitative estimate of drug-likeness (QED) is 0.721. The molecule has 2 aromatic carbocycles. The number of carbonyl (C=O) groups excluding carboxylic acids is 1. The van der Waals surface area contributed by atoms with Gasteiger partial charge in [-0.15, -0.1) is 0 Å². The summed E-state index contributed by atoms with van der Waals surface area (Å²) in [7, 11) is 0. The SMILES string of the molecule is CC(=O)N1N=C(c2ccc(C)cc2)C[C@@H]1c1ccc2nccnc2c1. The molecule has 1 atom stereocenters. The van der Waals surface area contributed by atoms with Crippen LogP contribution in [0.4, 0.5) is 0 Å². The maximum Gasteiger partial charge on any atom is 0.240 e. The molecule has 1 aromatic heterocycles.